The van der Waals surface area contributed by atoms with Crippen molar-refractivity contribution in [3.63, 3.8) is 0 Å². The molecule has 2 rings (SSSR count). The van der Waals surface area contributed by atoms with Crippen molar-refractivity contribution in [2.24, 2.45) is 5.92 Å². The summed E-state index contributed by atoms with van der Waals surface area (Å²) < 4.78 is 40.5. The third kappa shape index (κ3) is 5.70. The van der Waals surface area contributed by atoms with Crippen molar-refractivity contribution in [3.05, 3.63) is 65.5 Å². The van der Waals surface area contributed by atoms with Crippen LogP contribution in [0.5, 0.6) is 0 Å². The van der Waals surface area contributed by atoms with Crippen LogP contribution in [0.1, 0.15) is 25.0 Å². The van der Waals surface area contributed by atoms with Gasteiger partial charge in [0.1, 0.15) is 5.82 Å². The molecular formula is C18H23FN2O2S. The van der Waals surface area contributed by atoms with Crippen LogP contribution in [0.3, 0.4) is 0 Å². The zero-order chi connectivity index (χ0) is 17.6. The molecule has 0 aromatic heterocycles. The van der Waals surface area contributed by atoms with Gasteiger partial charge in [0.15, 0.2) is 0 Å². The Balaban J connectivity index is 2.03. The van der Waals surface area contributed by atoms with Gasteiger partial charge in [-0.2, -0.15) is 0 Å². The summed E-state index contributed by atoms with van der Waals surface area (Å²) in [5.74, 6) is 0.148. The van der Waals surface area contributed by atoms with Crippen LogP contribution in [0.15, 0.2) is 53.4 Å². The molecule has 0 bridgehead atoms. The van der Waals surface area contributed by atoms with Crippen molar-refractivity contribution in [1.29, 1.82) is 0 Å². The Labute approximate surface area is 143 Å². The molecule has 0 fully saturated rings. The predicted octanol–water partition coefficient (Wildman–Crippen LogP) is 3.05. The summed E-state index contributed by atoms with van der Waals surface area (Å²) in [5.41, 5.74) is 1.48. The van der Waals surface area contributed by atoms with Gasteiger partial charge in [-0.15, -0.1) is 0 Å². The molecule has 0 unspecified atom stereocenters. The largest absolute Gasteiger partial charge is 0.312 e. The lowest BCUT2D eigenvalue weighted by atomic mass is 10.2. The Hall–Kier alpha value is -1.76. The van der Waals surface area contributed by atoms with Crippen molar-refractivity contribution in [3.8, 4) is 0 Å². The third-order valence-electron chi connectivity index (χ3n) is 3.45. The monoisotopic (exact) mass is 350 g/mol. The summed E-state index contributed by atoms with van der Waals surface area (Å²) in [6.45, 7) is 5.77. The van der Waals surface area contributed by atoms with Gasteiger partial charge in [-0.25, -0.2) is 17.5 Å². The van der Waals surface area contributed by atoms with Crippen molar-refractivity contribution in [1.82, 2.24) is 10.0 Å². The summed E-state index contributed by atoms with van der Waals surface area (Å²) in [7, 11) is -3.64. The maximum absolute atomic E-state index is 13.2. The Bertz CT molecular complexity index is 776. The average molecular weight is 350 g/mol. The Kier molecular flexibility index (Phi) is 6.48. The molecule has 0 spiro atoms. The zero-order valence-electron chi connectivity index (χ0n) is 13.9. The standard InChI is InChI=1S/C18H23FN2O2S/c1-14(2)11-20-12-16-6-4-8-18(10-16)24(22,23)21-13-15-5-3-7-17(19)9-15/h3-10,14,20-21H,11-13H2,1-2H3. The van der Waals surface area contributed by atoms with E-state index in [1.54, 1.807) is 30.3 Å². The number of nitrogens with one attached hydrogen (secondary N) is 2. The molecule has 0 atom stereocenters. The van der Waals surface area contributed by atoms with E-state index in [1.165, 1.54) is 12.1 Å². The highest BCUT2D eigenvalue weighted by Crippen LogP contribution is 2.13. The highest BCUT2D eigenvalue weighted by molar-refractivity contribution is 7.89. The fourth-order valence-corrected chi connectivity index (χ4v) is 3.32. The quantitative estimate of drug-likeness (QED) is 0.769. The van der Waals surface area contributed by atoms with Gasteiger partial charge in [0, 0.05) is 13.1 Å². The normalized spacial score (nSPS) is 11.8. The molecule has 0 amide bonds. The number of rotatable bonds is 8. The lowest BCUT2D eigenvalue weighted by molar-refractivity contribution is 0.551. The Morgan fingerprint density at radius 3 is 2.33 bits per heavy atom. The van der Waals surface area contributed by atoms with Crippen LogP contribution in [0.4, 0.5) is 4.39 Å². The van der Waals surface area contributed by atoms with Crippen molar-refractivity contribution < 1.29 is 12.8 Å². The molecule has 0 radical (unpaired) electrons. The highest BCUT2D eigenvalue weighted by atomic mass is 32.2. The van der Waals surface area contributed by atoms with Crippen molar-refractivity contribution in [2.45, 2.75) is 31.8 Å². The third-order valence-corrected chi connectivity index (χ3v) is 4.84. The van der Waals surface area contributed by atoms with E-state index in [9.17, 15) is 12.8 Å². The van der Waals surface area contributed by atoms with E-state index in [4.69, 9.17) is 0 Å². The number of benzene rings is 2. The molecule has 2 aromatic carbocycles. The van der Waals surface area contributed by atoms with Crippen LogP contribution in [-0.4, -0.2) is 15.0 Å². The van der Waals surface area contributed by atoms with Gasteiger partial charge in [0.05, 0.1) is 4.90 Å². The molecule has 24 heavy (non-hydrogen) atoms. The molecule has 2 aromatic rings. The van der Waals surface area contributed by atoms with Crippen LogP contribution < -0.4 is 10.0 Å². The van der Waals surface area contributed by atoms with E-state index in [1.807, 2.05) is 6.07 Å². The molecule has 0 aliphatic heterocycles. The highest BCUT2D eigenvalue weighted by Gasteiger charge is 2.14. The van der Waals surface area contributed by atoms with E-state index in [0.717, 1.165) is 12.1 Å². The second kappa shape index (κ2) is 8.37. The summed E-state index contributed by atoms with van der Waals surface area (Å²) in [6.07, 6.45) is 0. The first kappa shape index (κ1) is 18.6. The first-order valence-corrected chi connectivity index (χ1v) is 9.39. The van der Waals surface area contributed by atoms with E-state index < -0.39 is 10.0 Å². The summed E-state index contributed by atoms with van der Waals surface area (Å²) in [5, 5.41) is 3.29. The van der Waals surface area contributed by atoms with Gasteiger partial charge in [-0.05, 0) is 47.9 Å². The van der Waals surface area contributed by atoms with Crippen LogP contribution >= 0.6 is 0 Å². The molecule has 130 valence electrons. The maximum Gasteiger partial charge on any atom is 0.240 e. The minimum absolute atomic E-state index is 0.0515. The molecule has 4 nitrogen and oxygen atoms in total. The van der Waals surface area contributed by atoms with Gasteiger partial charge < -0.3 is 5.32 Å². The van der Waals surface area contributed by atoms with E-state index in [-0.39, 0.29) is 17.3 Å². The van der Waals surface area contributed by atoms with Crippen molar-refractivity contribution >= 4 is 10.0 Å². The summed E-state index contributed by atoms with van der Waals surface area (Å²) in [6, 6.07) is 12.7. The lowest BCUT2D eigenvalue weighted by Gasteiger charge is -2.10. The predicted molar refractivity (Wildman–Crippen MR) is 93.4 cm³/mol. The summed E-state index contributed by atoms with van der Waals surface area (Å²) in [4.78, 5) is 0.211. The smallest absolute Gasteiger partial charge is 0.240 e. The van der Waals surface area contributed by atoms with Gasteiger partial charge in [-0.1, -0.05) is 38.1 Å². The van der Waals surface area contributed by atoms with Crippen LogP contribution in [0, 0.1) is 11.7 Å². The minimum atomic E-state index is -3.64. The molecule has 2 N–H and O–H groups in total. The molecule has 0 saturated heterocycles. The average Bonchev–Trinajstić information content (AvgIpc) is 2.53. The minimum Gasteiger partial charge on any atom is -0.312 e. The van der Waals surface area contributed by atoms with Crippen LogP contribution in [-0.2, 0) is 23.1 Å². The number of halogens is 1. The molecule has 0 aliphatic rings. The second-order valence-electron chi connectivity index (χ2n) is 6.13. The van der Waals surface area contributed by atoms with Gasteiger partial charge >= 0.3 is 0 Å². The Morgan fingerprint density at radius 1 is 1.00 bits per heavy atom. The molecule has 0 heterocycles. The lowest BCUT2D eigenvalue weighted by Crippen LogP contribution is -2.24. The fourth-order valence-electron chi connectivity index (χ4n) is 2.24. The van der Waals surface area contributed by atoms with E-state index in [2.05, 4.69) is 23.9 Å². The number of hydrogen-bond donors (Lipinski definition) is 2. The number of sulfonamides is 1. The first-order chi connectivity index (χ1) is 11.4. The van der Waals surface area contributed by atoms with Gasteiger partial charge in [0.25, 0.3) is 0 Å². The first-order valence-electron chi connectivity index (χ1n) is 7.90. The SMILES string of the molecule is CC(C)CNCc1cccc(S(=O)(=O)NCc2cccc(F)c2)c1. The molecule has 6 heteroatoms. The molecule has 0 saturated carbocycles. The second-order valence-corrected chi connectivity index (χ2v) is 7.89. The molecular weight excluding hydrogens is 327 g/mol. The molecule has 0 aliphatic carbocycles. The maximum atomic E-state index is 13.2. The van der Waals surface area contributed by atoms with Crippen LogP contribution in [0.2, 0.25) is 0 Å². The van der Waals surface area contributed by atoms with Gasteiger partial charge in [0.2, 0.25) is 10.0 Å². The van der Waals surface area contributed by atoms with Crippen molar-refractivity contribution in [2.75, 3.05) is 6.54 Å². The summed E-state index contributed by atoms with van der Waals surface area (Å²) >= 11 is 0. The topological polar surface area (TPSA) is 58.2 Å². The van der Waals surface area contributed by atoms with E-state index in [0.29, 0.717) is 18.0 Å². The van der Waals surface area contributed by atoms with E-state index >= 15 is 0 Å². The fraction of sp³-hybridized carbons (Fsp3) is 0.333. The van der Waals surface area contributed by atoms with Gasteiger partial charge in [-0.3, -0.25) is 0 Å². The number of hydrogen-bond acceptors (Lipinski definition) is 3. The Morgan fingerprint density at radius 2 is 1.67 bits per heavy atom. The zero-order valence-corrected chi connectivity index (χ0v) is 14.7. The van der Waals surface area contributed by atoms with Crippen LogP contribution in [0.25, 0.3) is 0 Å².